The minimum atomic E-state index is -0.261. The Labute approximate surface area is 303 Å². The van der Waals surface area contributed by atoms with Gasteiger partial charge in [0.15, 0.2) is 0 Å². The van der Waals surface area contributed by atoms with Crippen LogP contribution in [-0.4, -0.2) is 80.4 Å². The summed E-state index contributed by atoms with van der Waals surface area (Å²) in [5.41, 5.74) is 0. The van der Waals surface area contributed by atoms with E-state index in [4.69, 9.17) is 19.4 Å². The summed E-state index contributed by atoms with van der Waals surface area (Å²) in [6, 6.07) is 0. The van der Waals surface area contributed by atoms with Gasteiger partial charge in [-0.15, -0.1) is 0 Å². The van der Waals surface area contributed by atoms with E-state index in [0.29, 0.717) is 13.2 Å². The summed E-state index contributed by atoms with van der Waals surface area (Å²) in [6.45, 7) is 11.3. The van der Waals surface area contributed by atoms with Crippen LogP contribution in [0.3, 0.4) is 0 Å². The highest BCUT2D eigenvalue weighted by atomic mass is 16.5. The molecule has 1 unspecified atom stereocenters. The largest absolute Gasteiger partial charge is 0.483 e. The molecule has 0 aromatic heterocycles. The van der Waals surface area contributed by atoms with Crippen LogP contribution in [0.5, 0.6) is 0 Å². The van der Waals surface area contributed by atoms with Crippen LogP contribution in [0.4, 0.5) is 0 Å². The molecule has 8 heteroatoms. The van der Waals surface area contributed by atoms with Gasteiger partial charge in [0.05, 0.1) is 19.6 Å². The molecule has 0 fully saturated rings. The number of aliphatic hydroxyl groups is 1. The van der Waals surface area contributed by atoms with Crippen LogP contribution in [0.15, 0.2) is 0 Å². The van der Waals surface area contributed by atoms with Crippen LogP contribution >= 0.6 is 0 Å². The first-order valence-corrected chi connectivity index (χ1v) is 20.5. The monoisotopic (exact) mass is 702 g/mol. The number of carbonyl (C=O) groups excluding carboxylic acids is 2. The quantitative estimate of drug-likeness (QED) is 0.0377. The maximum Gasteiger partial charge on any atom is 0.306 e. The predicted octanol–water partition coefficient (Wildman–Crippen LogP) is 10.6. The SMILES string of the molecule is CCCCCCCC(CCCCCC)CCCCCCCN(CCO)CCCCCCOC.CCCCCCOC(=O)CCC=O.O=CO. The van der Waals surface area contributed by atoms with E-state index in [1.807, 2.05) is 0 Å². The molecule has 2 N–H and O–H groups in total. The molecule has 0 aromatic rings. The minimum absolute atomic E-state index is 0.220. The highest BCUT2D eigenvalue weighted by Crippen LogP contribution is 2.24. The van der Waals surface area contributed by atoms with E-state index in [1.165, 1.54) is 148 Å². The van der Waals surface area contributed by atoms with Gasteiger partial charge in [0.25, 0.3) is 6.47 Å². The highest BCUT2D eigenvalue weighted by Gasteiger charge is 2.09. The van der Waals surface area contributed by atoms with Gasteiger partial charge in [-0.2, -0.15) is 0 Å². The number of hydrogen-bond donors (Lipinski definition) is 2. The van der Waals surface area contributed by atoms with Crippen molar-refractivity contribution in [2.75, 3.05) is 46.6 Å². The molecule has 0 aliphatic heterocycles. The lowest BCUT2D eigenvalue weighted by atomic mass is 9.89. The Kier molecular flexibility index (Phi) is 51.4. The summed E-state index contributed by atoms with van der Waals surface area (Å²) in [7, 11) is 1.78. The number of hydrogen-bond acceptors (Lipinski definition) is 7. The Bertz CT molecular complexity index is 635. The lowest BCUT2D eigenvalue weighted by molar-refractivity contribution is -0.144. The van der Waals surface area contributed by atoms with E-state index in [0.717, 1.165) is 51.3 Å². The maximum atomic E-state index is 10.9. The van der Waals surface area contributed by atoms with Crippen LogP contribution in [0, 0.1) is 5.92 Å². The molecule has 294 valence electrons. The summed E-state index contributed by atoms with van der Waals surface area (Å²) in [5.74, 6) is 0.732. The van der Waals surface area contributed by atoms with Gasteiger partial charge in [-0.1, -0.05) is 156 Å². The zero-order chi connectivity index (χ0) is 36.9. The number of aldehydes is 1. The molecule has 0 aliphatic rings. The van der Waals surface area contributed by atoms with Crippen molar-refractivity contribution in [1.82, 2.24) is 4.90 Å². The van der Waals surface area contributed by atoms with Crippen molar-refractivity contribution in [3.8, 4) is 0 Å². The Morgan fingerprint density at radius 3 is 1.49 bits per heavy atom. The molecular formula is C41H83NO7. The maximum absolute atomic E-state index is 10.9. The lowest BCUT2D eigenvalue weighted by Crippen LogP contribution is -2.29. The van der Waals surface area contributed by atoms with Gasteiger partial charge in [0.2, 0.25) is 0 Å². The van der Waals surface area contributed by atoms with E-state index in [2.05, 4.69) is 25.7 Å². The van der Waals surface area contributed by atoms with Gasteiger partial charge in [-0.3, -0.25) is 9.59 Å². The van der Waals surface area contributed by atoms with Gasteiger partial charge >= 0.3 is 5.97 Å². The van der Waals surface area contributed by atoms with E-state index in [-0.39, 0.29) is 25.3 Å². The van der Waals surface area contributed by atoms with Crippen molar-refractivity contribution >= 4 is 18.7 Å². The van der Waals surface area contributed by atoms with Crippen molar-refractivity contribution < 1.29 is 34.1 Å². The third kappa shape index (κ3) is 48.7. The smallest absolute Gasteiger partial charge is 0.306 e. The Hall–Kier alpha value is -1.51. The minimum Gasteiger partial charge on any atom is -0.483 e. The second-order valence-electron chi connectivity index (χ2n) is 13.5. The fraction of sp³-hybridized carbons (Fsp3) is 0.927. The Morgan fingerprint density at radius 1 is 0.612 bits per heavy atom. The summed E-state index contributed by atoms with van der Waals surface area (Å²) in [4.78, 5) is 31.6. The van der Waals surface area contributed by atoms with E-state index in [1.54, 1.807) is 7.11 Å². The molecule has 0 spiro atoms. The molecule has 49 heavy (non-hydrogen) atoms. The van der Waals surface area contributed by atoms with Gasteiger partial charge in [0.1, 0.15) is 6.29 Å². The number of ether oxygens (including phenoxy) is 2. The fourth-order valence-corrected chi connectivity index (χ4v) is 6.00. The van der Waals surface area contributed by atoms with Crippen LogP contribution < -0.4 is 0 Å². The van der Waals surface area contributed by atoms with Gasteiger partial charge in [0, 0.05) is 26.7 Å². The van der Waals surface area contributed by atoms with Crippen molar-refractivity contribution in [3.63, 3.8) is 0 Å². The van der Waals surface area contributed by atoms with Crippen molar-refractivity contribution in [3.05, 3.63) is 0 Å². The van der Waals surface area contributed by atoms with Crippen LogP contribution in [0.1, 0.15) is 194 Å². The van der Waals surface area contributed by atoms with Gasteiger partial charge in [-0.25, -0.2) is 0 Å². The number of nitrogens with zero attached hydrogens (tertiary/aromatic N) is 1. The average molecular weight is 702 g/mol. The first kappa shape index (κ1) is 51.9. The summed E-state index contributed by atoms with van der Waals surface area (Å²) < 4.78 is 10.0. The van der Waals surface area contributed by atoms with E-state index >= 15 is 0 Å². The molecule has 0 aromatic carbocycles. The molecule has 1 atom stereocenters. The zero-order valence-electron chi connectivity index (χ0n) is 32.9. The molecule has 0 heterocycles. The molecule has 0 amide bonds. The molecule has 8 nitrogen and oxygen atoms in total. The normalized spacial score (nSPS) is 11.3. The van der Waals surface area contributed by atoms with Crippen molar-refractivity contribution in [1.29, 1.82) is 0 Å². The first-order chi connectivity index (χ1) is 24.0. The molecule has 0 rings (SSSR count). The van der Waals surface area contributed by atoms with Crippen LogP contribution in [0.2, 0.25) is 0 Å². The number of rotatable bonds is 36. The number of aliphatic hydroxyl groups excluding tert-OH is 1. The highest BCUT2D eigenvalue weighted by molar-refractivity contribution is 5.72. The van der Waals surface area contributed by atoms with Crippen molar-refractivity contribution in [2.45, 2.75) is 194 Å². The number of esters is 1. The standard InChI is InChI=1S/C30H63NO2.C10H18O3.CH2O2/c1-4-6-8-11-17-23-30(22-16-9-7-5-2)24-18-12-10-13-19-25-31(27-28-32)26-20-14-15-21-29-33-3;1-2-3-4-5-9-13-10(12)7-6-8-11;2-1-3/h30,32H,4-29H2,1-3H3;8H,2-7,9H2,1H3;1H,(H,2,3). The third-order valence-electron chi connectivity index (χ3n) is 8.98. The third-order valence-corrected chi connectivity index (χ3v) is 8.98. The molecule has 0 saturated heterocycles. The van der Waals surface area contributed by atoms with Crippen LogP contribution in [0.25, 0.3) is 0 Å². The number of carboxylic acid groups (broad SMARTS) is 1. The molecule has 0 radical (unpaired) electrons. The second-order valence-corrected chi connectivity index (χ2v) is 13.5. The molecule has 0 aliphatic carbocycles. The Morgan fingerprint density at radius 2 is 1.02 bits per heavy atom. The van der Waals surface area contributed by atoms with Crippen molar-refractivity contribution in [2.24, 2.45) is 5.92 Å². The van der Waals surface area contributed by atoms with Crippen LogP contribution in [-0.2, 0) is 23.9 Å². The fourth-order valence-electron chi connectivity index (χ4n) is 6.00. The molecule has 0 saturated carbocycles. The molecule has 0 bridgehead atoms. The first-order valence-electron chi connectivity index (χ1n) is 20.5. The topological polar surface area (TPSA) is 113 Å². The average Bonchev–Trinajstić information content (AvgIpc) is 3.10. The number of carbonyl (C=O) groups is 3. The lowest BCUT2D eigenvalue weighted by Gasteiger charge is -2.21. The zero-order valence-corrected chi connectivity index (χ0v) is 32.9. The molecular weight excluding hydrogens is 618 g/mol. The van der Waals surface area contributed by atoms with E-state index < -0.39 is 0 Å². The number of unbranched alkanes of at least 4 members (excludes halogenated alkanes) is 17. The summed E-state index contributed by atoms with van der Waals surface area (Å²) in [5, 5.41) is 16.3. The summed E-state index contributed by atoms with van der Waals surface area (Å²) >= 11 is 0. The van der Waals surface area contributed by atoms with E-state index in [9.17, 15) is 14.7 Å². The van der Waals surface area contributed by atoms with Gasteiger partial charge in [-0.05, 0) is 44.7 Å². The predicted molar refractivity (Wildman–Crippen MR) is 206 cm³/mol. The summed E-state index contributed by atoms with van der Waals surface area (Å²) in [6.07, 6.45) is 34.8. The van der Waals surface area contributed by atoms with Gasteiger partial charge < -0.3 is 29.4 Å². The Balaban J connectivity index is -0.00000109. The number of methoxy groups -OCH3 is 1. The second kappa shape index (κ2) is 48.6.